The maximum Gasteiger partial charge on any atom is 0.325 e. The summed E-state index contributed by atoms with van der Waals surface area (Å²) in [5, 5.41) is 18.4. The van der Waals surface area contributed by atoms with Crippen molar-refractivity contribution in [3.05, 3.63) is 22.2 Å². The van der Waals surface area contributed by atoms with Crippen LogP contribution in [0.5, 0.6) is 11.5 Å². The van der Waals surface area contributed by atoms with Gasteiger partial charge in [0.05, 0.1) is 7.11 Å². The summed E-state index contributed by atoms with van der Waals surface area (Å²) in [6, 6.07) is 1.78. The van der Waals surface area contributed by atoms with Crippen molar-refractivity contribution in [1.82, 2.24) is 0 Å². The number of aromatic hydroxyl groups is 1. The first-order chi connectivity index (χ1) is 6.99. The highest BCUT2D eigenvalue weighted by molar-refractivity contribution is 9.10. The molecule has 0 aliphatic rings. The second-order valence-electron chi connectivity index (χ2n) is 2.83. The van der Waals surface area contributed by atoms with Gasteiger partial charge in [-0.3, -0.25) is 4.79 Å². The number of phenolic OH excluding ortho intramolecular Hbond substituents is 1. The van der Waals surface area contributed by atoms with Crippen molar-refractivity contribution in [3.63, 3.8) is 0 Å². The quantitative estimate of drug-likeness (QED) is 0.772. The summed E-state index contributed by atoms with van der Waals surface area (Å²) >= 11 is 3.12. The standard InChI is InChI=1S/C9H10BrNO4/c1-15-5-3-2-4(10)6(8(5)12)7(11)9(13)14/h2-3,7,12H,11H2,1H3,(H,13,14). The van der Waals surface area contributed by atoms with Crippen molar-refractivity contribution in [2.75, 3.05) is 7.11 Å². The van der Waals surface area contributed by atoms with Crippen LogP contribution in [0.3, 0.4) is 0 Å². The molecule has 5 nitrogen and oxygen atoms in total. The number of carboxylic acid groups (broad SMARTS) is 1. The van der Waals surface area contributed by atoms with Crippen LogP contribution in [0.15, 0.2) is 16.6 Å². The second-order valence-corrected chi connectivity index (χ2v) is 3.68. The number of halogens is 1. The molecule has 1 aromatic carbocycles. The highest BCUT2D eigenvalue weighted by Crippen LogP contribution is 2.38. The van der Waals surface area contributed by atoms with E-state index in [1.807, 2.05) is 0 Å². The van der Waals surface area contributed by atoms with Crippen LogP contribution in [0, 0.1) is 0 Å². The summed E-state index contributed by atoms with van der Waals surface area (Å²) in [4.78, 5) is 10.7. The van der Waals surface area contributed by atoms with E-state index in [1.54, 1.807) is 6.07 Å². The van der Waals surface area contributed by atoms with E-state index in [-0.39, 0.29) is 17.1 Å². The van der Waals surface area contributed by atoms with Crippen LogP contribution in [0.2, 0.25) is 0 Å². The zero-order valence-corrected chi connectivity index (χ0v) is 9.48. The molecular weight excluding hydrogens is 266 g/mol. The Hall–Kier alpha value is -1.27. The summed E-state index contributed by atoms with van der Waals surface area (Å²) in [6.07, 6.45) is 0. The van der Waals surface area contributed by atoms with Crippen LogP contribution in [0.4, 0.5) is 0 Å². The Morgan fingerprint density at radius 1 is 1.60 bits per heavy atom. The summed E-state index contributed by atoms with van der Waals surface area (Å²) < 4.78 is 5.28. The van der Waals surface area contributed by atoms with Crippen molar-refractivity contribution >= 4 is 21.9 Å². The first kappa shape index (κ1) is 11.8. The number of methoxy groups -OCH3 is 1. The maximum absolute atomic E-state index is 10.7. The lowest BCUT2D eigenvalue weighted by Crippen LogP contribution is -2.21. The van der Waals surface area contributed by atoms with Gasteiger partial charge in [-0.05, 0) is 12.1 Å². The van der Waals surface area contributed by atoms with Crippen molar-refractivity contribution in [2.24, 2.45) is 5.73 Å². The molecule has 0 saturated heterocycles. The van der Waals surface area contributed by atoms with Crippen LogP contribution in [-0.2, 0) is 4.79 Å². The molecule has 1 rings (SSSR count). The SMILES string of the molecule is COc1ccc(Br)c(C(N)C(=O)O)c1O. The van der Waals surface area contributed by atoms with Gasteiger partial charge in [-0.1, -0.05) is 15.9 Å². The fourth-order valence-corrected chi connectivity index (χ4v) is 1.71. The monoisotopic (exact) mass is 275 g/mol. The Morgan fingerprint density at radius 2 is 2.20 bits per heavy atom. The van der Waals surface area contributed by atoms with Crippen LogP contribution < -0.4 is 10.5 Å². The van der Waals surface area contributed by atoms with Crippen molar-refractivity contribution in [2.45, 2.75) is 6.04 Å². The number of aliphatic carboxylic acids is 1. The normalized spacial score (nSPS) is 12.2. The molecule has 4 N–H and O–H groups in total. The van der Waals surface area contributed by atoms with E-state index >= 15 is 0 Å². The molecule has 0 saturated carbocycles. The first-order valence-electron chi connectivity index (χ1n) is 4.02. The number of carbonyl (C=O) groups is 1. The molecule has 0 amide bonds. The predicted octanol–water partition coefficient (Wildman–Crippen LogP) is 1.25. The van der Waals surface area contributed by atoms with E-state index in [9.17, 15) is 9.90 Å². The predicted molar refractivity (Wildman–Crippen MR) is 56.9 cm³/mol. The minimum atomic E-state index is -1.30. The molecule has 0 aliphatic carbocycles. The number of hydrogen-bond acceptors (Lipinski definition) is 4. The van der Waals surface area contributed by atoms with Crippen molar-refractivity contribution < 1.29 is 19.7 Å². The Kier molecular flexibility index (Phi) is 3.54. The van der Waals surface area contributed by atoms with Crippen LogP contribution in [-0.4, -0.2) is 23.3 Å². The third-order valence-electron chi connectivity index (χ3n) is 1.92. The molecule has 82 valence electrons. The van der Waals surface area contributed by atoms with Gasteiger partial charge in [0.1, 0.15) is 6.04 Å². The minimum Gasteiger partial charge on any atom is -0.504 e. The van der Waals surface area contributed by atoms with E-state index in [0.29, 0.717) is 4.47 Å². The molecule has 6 heteroatoms. The summed E-state index contributed by atoms with van der Waals surface area (Å²) in [6.45, 7) is 0. The highest BCUT2D eigenvalue weighted by Gasteiger charge is 2.23. The zero-order chi connectivity index (χ0) is 11.6. The summed E-state index contributed by atoms with van der Waals surface area (Å²) in [5.41, 5.74) is 5.52. The zero-order valence-electron chi connectivity index (χ0n) is 7.90. The molecule has 0 heterocycles. The van der Waals surface area contributed by atoms with Gasteiger partial charge in [-0.2, -0.15) is 0 Å². The molecule has 1 atom stereocenters. The number of hydrogen-bond donors (Lipinski definition) is 3. The number of ether oxygens (including phenoxy) is 1. The maximum atomic E-state index is 10.7. The lowest BCUT2D eigenvalue weighted by atomic mass is 10.1. The van der Waals surface area contributed by atoms with Gasteiger partial charge in [-0.15, -0.1) is 0 Å². The first-order valence-corrected chi connectivity index (χ1v) is 4.82. The summed E-state index contributed by atoms with van der Waals surface area (Å²) in [7, 11) is 1.37. The Bertz CT molecular complexity index is 394. The molecule has 15 heavy (non-hydrogen) atoms. The van der Waals surface area contributed by atoms with Crippen molar-refractivity contribution in [1.29, 1.82) is 0 Å². The van der Waals surface area contributed by atoms with Crippen LogP contribution in [0.1, 0.15) is 11.6 Å². The topological polar surface area (TPSA) is 92.8 Å². The fraction of sp³-hybridized carbons (Fsp3) is 0.222. The average Bonchev–Trinajstić information content (AvgIpc) is 2.17. The van der Waals surface area contributed by atoms with E-state index in [2.05, 4.69) is 15.9 Å². The van der Waals surface area contributed by atoms with Gasteiger partial charge in [0, 0.05) is 10.0 Å². The third-order valence-corrected chi connectivity index (χ3v) is 2.62. The second kappa shape index (κ2) is 4.50. The molecule has 0 spiro atoms. The van der Waals surface area contributed by atoms with Crippen molar-refractivity contribution in [3.8, 4) is 11.5 Å². The van der Waals surface area contributed by atoms with Crippen LogP contribution in [0.25, 0.3) is 0 Å². The van der Waals surface area contributed by atoms with E-state index in [4.69, 9.17) is 15.6 Å². The number of carboxylic acids is 1. The Balaban J connectivity index is 3.32. The average molecular weight is 276 g/mol. The fourth-order valence-electron chi connectivity index (χ4n) is 1.15. The van der Waals surface area contributed by atoms with Gasteiger partial charge in [0.15, 0.2) is 11.5 Å². The van der Waals surface area contributed by atoms with E-state index in [1.165, 1.54) is 13.2 Å². The number of phenols is 1. The Labute approximate surface area is 94.6 Å². The summed E-state index contributed by atoms with van der Waals surface area (Å²) in [5.74, 6) is -1.30. The van der Waals surface area contributed by atoms with Gasteiger partial charge in [0.25, 0.3) is 0 Å². The van der Waals surface area contributed by atoms with E-state index < -0.39 is 12.0 Å². The van der Waals surface area contributed by atoms with Gasteiger partial charge in [-0.25, -0.2) is 0 Å². The largest absolute Gasteiger partial charge is 0.504 e. The lowest BCUT2D eigenvalue weighted by Gasteiger charge is -2.13. The van der Waals surface area contributed by atoms with Gasteiger partial charge in [0.2, 0.25) is 0 Å². The van der Waals surface area contributed by atoms with Crippen LogP contribution >= 0.6 is 15.9 Å². The smallest absolute Gasteiger partial charge is 0.325 e. The third kappa shape index (κ3) is 2.21. The number of rotatable bonds is 3. The molecule has 0 fully saturated rings. The molecule has 0 radical (unpaired) electrons. The molecule has 0 aromatic heterocycles. The lowest BCUT2D eigenvalue weighted by molar-refractivity contribution is -0.138. The molecule has 1 aromatic rings. The van der Waals surface area contributed by atoms with E-state index in [0.717, 1.165) is 0 Å². The molecule has 1 unspecified atom stereocenters. The number of benzene rings is 1. The van der Waals surface area contributed by atoms with Gasteiger partial charge < -0.3 is 20.7 Å². The Morgan fingerprint density at radius 3 is 2.67 bits per heavy atom. The highest BCUT2D eigenvalue weighted by atomic mass is 79.9. The van der Waals surface area contributed by atoms with Gasteiger partial charge >= 0.3 is 5.97 Å². The molecule has 0 aliphatic heterocycles. The molecular formula is C9H10BrNO4. The number of nitrogens with two attached hydrogens (primary N) is 1. The molecule has 0 bridgehead atoms. The minimum absolute atomic E-state index is 0.0989.